The van der Waals surface area contributed by atoms with Gasteiger partial charge in [0, 0.05) is 18.5 Å². The number of benzene rings is 1. The molecule has 1 aromatic carbocycles. The fraction of sp³-hybridized carbons (Fsp3) is 0.462. The molecule has 4 nitrogen and oxygen atoms in total. The summed E-state index contributed by atoms with van der Waals surface area (Å²) in [5, 5.41) is 3.26. The molecule has 0 fully saturated rings. The van der Waals surface area contributed by atoms with Gasteiger partial charge in [0.1, 0.15) is 5.75 Å². The number of hydrogen-bond donors (Lipinski definition) is 2. The van der Waals surface area contributed by atoms with Crippen LogP contribution < -0.4 is 15.8 Å². The van der Waals surface area contributed by atoms with Crippen molar-refractivity contribution in [1.82, 2.24) is 5.32 Å². The van der Waals surface area contributed by atoms with E-state index in [-0.39, 0.29) is 30.0 Å². The molecule has 0 saturated heterocycles. The van der Waals surface area contributed by atoms with Crippen molar-refractivity contribution in [3.05, 3.63) is 29.8 Å². The number of aliphatic imine (C=N–C) groups is 1. The van der Waals surface area contributed by atoms with Crippen LogP contribution in [0.15, 0.2) is 29.3 Å². The third kappa shape index (κ3) is 3.76. The van der Waals surface area contributed by atoms with Gasteiger partial charge in [-0.2, -0.15) is 0 Å². The molecule has 0 amide bonds. The van der Waals surface area contributed by atoms with E-state index in [0.29, 0.717) is 5.96 Å². The monoisotopic (exact) mass is 361 g/mol. The maximum absolute atomic E-state index is 5.85. The van der Waals surface area contributed by atoms with Crippen molar-refractivity contribution < 1.29 is 4.74 Å². The maximum atomic E-state index is 5.85. The van der Waals surface area contributed by atoms with E-state index in [1.54, 1.807) is 0 Å². The lowest BCUT2D eigenvalue weighted by Crippen LogP contribution is -2.37. The van der Waals surface area contributed by atoms with Crippen LogP contribution in [0.3, 0.4) is 0 Å². The Morgan fingerprint density at radius 2 is 2.28 bits per heavy atom. The van der Waals surface area contributed by atoms with Gasteiger partial charge in [0.25, 0.3) is 0 Å². The molecule has 18 heavy (non-hydrogen) atoms. The van der Waals surface area contributed by atoms with Crippen LogP contribution in [0.5, 0.6) is 5.75 Å². The summed E-state index contributed by atoms with van der Waals surface area (Å²) in [5.41, 5.74) is 7.01. The van der Waals surface area contributed by atoms with E-state index in [1.807, 2.05) is 18.2 Å². The molecule has 0 aromatic heterocycles. The molecule has 0 aliphatic carbocycles. The SMILES string of the molecule is CCCN=C(N)NC1CCOc2ccccc21.I. The van der Waals surface area contributed by atoms with Gasteiger partial charge in [-0.25, -0.2) is 0 Å². The second kappa shape index (κ2) is 7.45. The minimum absolute atomic E-state index is 0. The first-order chi connectivity index (χ1) is 8.31. The number of fused-ring (bicyclic) bond motifs is 1. The van der Waals surface area contributed by atoms with E-state index >= 15 is 0 Å². The fourth-order valence-corrected chi connectivity index (χ4v) is 1.95. The molecule has 1 aromatic rings. The Kier molecular flexibility index (Phi) is 6.24. The van der Waals surface area contributed by atoms with Crippen LogP contribution in [0.1, 0.15) is 31.4 Å². The van der Waals surface area contributed by atoms with E-state index in [4.69, 9.17) is 10.5 Å². The minimum atomic E-state index is 0. The molecule has 1 aliphatic heterocycles. The van der Waals surface area contributed by atoms with Crippen molar-refractivity contribution in [3.8, 4) is 5.75 Å². The van der Waals surface area contributed by atoms with Crippen LogP contribution in [0.25, 0.3) is 0 Å². The first-order valence-electron chi connectivity index (χ1n) is 6.09. The molecule has 1 unspecified atom stereocenters. The molecule has 0 saturated carbocycles. The smallest absolute Gasteiger partial charge is 0.189 e. The summed E-state index contributed by atoms with van der Waals surface area (Å²) in [6, 6.07) is 8.26. The second-order valence-corrected chi connectivity index (χ2v) is 4.14. The van der Waals surface area contributed by atoms with Gasteiger partial charge < -0.3 is 15.8 Å². The highest BCUT2D eigenvalue weighted by Crippen LogP contribution is 2.31. The number of halogens is 1. The Bertz CT molecular complexity index is 409. The van der Waals surface area contributed by atoms with E-state index in [2.05, 4.69) is 23.3 Å². The van der Waals surface area contributed by atoms with Gasteiger partial charge in [-0.1, -0.05) is 25.1 Å². The maximum Gasteiger partial charge on any atom is 0.189 e. The zero-order chi connectivity index (χ0) is 12.1. The number of guanidine groups is 1. The first kappa shape index (κ1) is 15.1. The molecule has 0 spiro atoms. The first-order valence-corrected chi connectivity index (χ1v) is 6.09. The van der Waals surface area contributed by atoms with Crippen LogP contribution in [0.4, 0.5) is 0 Å². The van der Waals surface area contributed by atoms with Crippen molar-refractivity contribution in [2.24, 2.45) is 10.7 Å². The Morgan fingerprint density at radius 1 is 1.50 bits per heavy atom. The summed E-state index contributed by atoms with van der Waals surface area (Å²) >= 11 is 0. The zero-order valence-corrected chi connectivity index (χ0v) is 12.9. The summed E-state index contributed by atoms with van der Waals surface area (Å²) in [6.07, 6.45) is 1.92. The predicted molar refractivity (Wildman–Crippen MR) is 84.6 cm³/mol. The molecule has 100 valence electrons. The molecule has 1 aliphatic rings. The number of rotatable bonds is 3. The molecule has 3 N–H and O–H groups in total. The van der Waals surface area contributed by atoms with Gasteiger partial charge in [-0.05, 0) is 12.5 Å². The van der Waals surface area contributed by atoms with E-state index in [1.165, 1.54) is 0 Å². The van der Waals surface area contributed by atoms with Gasteiger partial charge in [0.05, 0.1) is 12.6 Å². The molecule has 2 rings (SSSR count). The van der Waals surface area contributed by atoms with Crippen molar-refractivity contribution in [3.63, 3.8) is 0 Å². The summed E-state index contributed by atoms with van der Waals surface area (Å²) in [4.78, 5) is 4.25. The number of nitrogens with two attached hydrogens (primary N) is 1. The highest BCUT2D eigenvalue weighted by atomic mass is 127. The second-order valence-electron chi connectivity index (χ2n) is 4.14. The number of ether oxygens (including phenoxy) is 1. The van der Waals surface area contributed by atoms with Gasteiger partial charge in [-0.15, -0.1) is 24.0 Å². The lowest BCUT2D eigenvalue weighted by molar-refractivity contribution is 0.262. The lowest BCUT2D eigenvalue weighted by Gasteiger charge is -2.26. The largest absolute Gasteiger partial charge is 0.493 e. The third-order valence-corrected chi connectivity index (χ3v) is 2.79. The Hall–Kier alpha value is -0.980. The van der Waals surface area contributed by atoms with Crippen LogP contribution in [0, 0.1) is 0 Å². The topological polar surface area (TPSA) is 59.6 Å². The Balaban J connectivity index is 0.00000162. The van der Waals surface area contributed by atoms with Crippen molar-refractivity contribution in [2.75, 3.05) is 13.2 Å². The molecule has 5 heteroatoms. The van der Waals surface area contributed by atoms with Crippen molar-refractivity contribution >= 4 is 29.9 Å². The highest BCUT2D eigenvalue weighted by Gasteiger charge is 2.20. The van der Waals surface area contributed by atoms with Crippen LogP contribution in [-0.4, -0.2) is 19.1 Å². The van der Waals surface area contributed by atoms with Gasteiger partial charge in [-0.3, -0.25) is 4.99 Å². The molecule has 0 radical (unpaired) electrons. The molecule has 0 bridgehead atoms. The van der Waals surface area contributed by atoms with E-state index in [0.717, 1.165) is 37.3 Å². The van der Waals surface area contributed by atoms with Crippen molar-refractivity contribution in [2.45, 2.75) is 25.8 Å². The van der Waals surface area contributed by atoms with Crippen LogP contribution >= 0.6 is 24.0 Å². The number of para-hydroxylation sites is 1. The molecule has 1 heterocycles. The molecular weight excluding hydrogens is 341 g/mol. The quantitative estimate of drug-likeness (QED) is 0.494. The van der Waals surface area contributed by atoms with E-state index < -0.39 is 0 Å². The summed E-state index contributed by atoms with van der Waals surface area (Å²) in [6.45, 7) is 3.57. The number of nitrogens with zero attached hydrogens (tertiary/aromatic N) is 1. The predicted octanol–water partition coefficient (Wildman–Crippen LogP) is 2.44. The normalized spacial score (nSPS) is 18.3. The number of nitrogens with one attached hydrogen (secondary N) is 1. The lowest BCUT2D eigenvalue weighted by atomic mass is 10.0. The van der Waals surface area contributed by atoms with E-state index in [9.17, 15) is 0 Å². The Labute approximate surface area is 125 Å². The van der Waals surface area contributed by atoms with Crippen LogP contribution in [0.2, 0.25) is 0 Å². The average Bonchev–Trinajstić information content (AvgIpc) is 2.37. The van der Waals surface area contributed by atoms with Gasteiger partial charge >= 0.3 is 0 Å². The fourth-order valence-electron chi connectivity index (χ4n) is 1.95. The third-order valence-electron chi connectivity index (χ3n) is 2.79. The standard InChI is InChI=1S/C13H19N3O.HI/c1-2-8-15-13(14)16-11-7-9-17-12-6-4-3-5-10(11)12;/h3-6,11H,2,7-9H2,1H3,(H3,14,15,16);1H. The molecular formula is C13H20IN3O. The summed E-state index contributed by atoms with van der Waals surface area (Å²) in [5.74, 6) is 1.47. The van der Waals surface area contributed by atoms with Crippen molar-refractivity contribution in [1.29, 1.82) is 0 Å². The van der Waals surface area contributed by atoms with Gasteiger partial charge in [0.15, 0.2) is 5.96 Å². The zero-order valence-electron chi connectivity index (χ0n) is 10.6. The van der Waals surface area contributed by atoms with Crippen LogP contribution in [-0.2, 0) is 0 Å². The summed E-state index contributed by atoms with van der Waals surface area (Å²) < 4.78 is 5.60. The summed E-state index contributed by atoms with van der Waals surface area (Å²) in [7, 11) is 0. The molecule has 1 atom stereocenters. The Morgan fingerprint density at radius 3 is 3.06 bits per heavy atom. The van der Waals surface area contributed by atoms with Gasteiger partial charge in [0.2, 0.25) is 0 Å². The highest BCUT2D eigenvalue weighted by molar-refractivity contribution is 14.0. The average molecular weight is 361 g/mol. The minimum Gasteiger partial charge on any atom is -0.493 e. The number of hydrogen-bond acceptors (Lipinski definition) is 2.